The lowest BCUT2D eigenvalue weighted by Crippen LogP contribution is -2.44. The zero-order valence-electron chi connectivity index (χ0n) is 8.14. The summed E-state index contributed by atoms with van der Waals surface area (Å²) in [5.74, 6) is -1.23. The van der Waals surface area contributed by atoms with Crippen LogP contribution in [0.3, 0.4) is 0 Å². The first-order chi connectivity index (χ1) is 6.28. The van der Waals surface area contributed by atoms with E-state index in [1.165, 1.54) is 6.92 Å². The minimum atomic E-state index is -4.35. The van der Waals surface area contributed by atoms with Crippen molar-refractivity contribution in [2.75, 3.05) is 13.1 Å². The molecule has 1 atom stereocenters. The predicted molar refractivity (Wildman–Crippen MR) is 45.0 cm³/mol. The smallest absolute Gasteiger partial charge is 0.401 e. The SMILES string of the molecule is CCCN(CC(F)(F)F)C(C)C(=O)O. The van der Waals surface area contributed by atoms with Crippen LogP contribution in [-0.4, -0.2) is 41.3 Å². The highest BCUT2D eigenvalue weighted by molar-refractivity contribution is 5.72. The number of aliphatic carboxylic acids is 1. The van der Waals surface area contributed by atoms with Gasteiger partial charge in [0.25, 0.3) is 0 Å². The first-order valence-electron chi connectivity index (χ1n) is 4.31. The fourth-order valence-electron chi connectivity index (χ4n) is 1.08. The number of hydrogen-bond donors (Lipinski definition) is 1. The average molecular weight is 213 g/mol. The molecular weight excluding hydrogens is 199 g/mol. The summed E-state index contributed by atoms with van der Waals surface area (Å²) in [6, 6.07) is -1.10. The molecule has 84 valence electrons. The molecule has 0 aromatic rings. The normalized spacial score (nSPS) is 14.4. The molecular formula is C8H14F3NO2. The Labute approximate surface area is 80.5 Å². The van der Waals surface area contributed by atoms with Crippen molar-refractivity contribution in [3.63, 3.8) is 0 Å². The van der Waals surface area contributed by atoms with E-state index >= 15 is 0 Å². The molecule has 0 aliphatic rings. The number of halogens is 3. The zero-order valence-corrected chi connectivity index (χ0v) is 8.14. The molecule has 0 heterocycles. The second-order valence-corrected chi connectivity index (χ2v) is 3.10. The second kappa shape index (κ2) is 5.19. The van der Waals surface area contributed by atoms with Gasteiger partial charge in [0.2, 0.25) is 0 Å². The zero-order chi connectivity index (χ0) is 11.4. The Kier molecular flexibility index (Phi) is 4.90. The van der Waals surface area contributed by atoms with Crippen molar-refractivity contribution in [1.29, 1.82) is 0 Å². The van der Waals surface area contributed by atoms with Gasteiger partial charge in [-0.1, -0.05) is 6.92 Å². The third-order valence-electron chi connectivity index (χ3n) is 1.80. The van der Waals surface area contributed by atoms with Crippen molar-refractivity contribution in [2.24, 2.45) is 0 Å². The molecule has 0 saturated heterocycles. The van der Waals surface area contributed by atoms with E-state index in [2.05, 4.69) is 0 Å². The van der Waals surface area contributed by atoms with Crippen LogP contribution in [0.4, 0.5) is 13.2 Å². The molecule has 14 heavy (non-hydrogen) atoms. The summed E-state index contributed by atoms with van der Waals surface area (Å²) in [4.78, 5) is 11.4. The van der Waals surface area contributed by atoms with Gasteiger partial charge < -0.3 is 5.11 Å². The standard InChI is InChI=1S/C8H14F3NO2/c1-3-4-12(5-8(9,10)11)6(2)7(13)14/h6H,3-5H2,1-2H3,(H,13,14). The maximum atomic E-state index is 12.0. The average Bonchev–Trinajstić information content (AvgIpc) is 1.99. The van der Waals surface area contributed by atoms with Gasteiger partial charge in [-0.25, -0.2) is 0 Å². The quantitative estimate of drug-likeness (QED) is 0.756. The molecule has 0 fully saturated rings. The van der Waals surface area contributed by atoms with E-state index < -0.39 is 24.7 Å². The number of rotatable bonds is 5. The van der Waals surface area contributed by atoms with Crippen molar-refractivity contribution >= 4 is 5.97 Å². The molecule has 1 N–H and O–H groups in total. The van der Waals surface area contributed by atoms with E-state index in [1.54, 1.807) is 6.92 Å². The third-order valence-corrected chi connectivity index (χ3v) is 1.80. The Morgan fingerprint density at radius 3 is 2.29 bits per heavy atom. The summed E-state index contributed by atoms with van der Waals surface area (Å²) in [5, 5.41) is 8.57. The lowest BCUT2D eigenvalue weighted by molar-refractivity contribution is -0.160. The molecule has 1 unspecified atom stereocenters. The molecule has 3 nitrogen and oxygen atoms in total. The van der Waals surface area contributed by atoms with Gasteiger partial charge in [0, 0.05) is 0 Å². The minimum Gasteiger partial charge on any atom is -0.480 e. The number of carbonyl (C=O) groups is 1. The topological polar surface area (TPSA) is 40.5 Å². The molecule has 0 spiro atoms. The van der Waals surface area contributed by atoms with Gasteiger partial charge in [-0.2, -0.15) is 13.2 Å². The van der Waals surface area contributed by atoms with Gasteiger partial charge in [0.1, 0.15) is 6.04 Å². The highest BCUT2D eigenvalue weighted by atomic mass is 19.4. The Balaban J connectivity index is 4.36. The van der Waals surface area contributed by atoms with Crippen LogP contribution in [0.5, 0.6) is 0 Å². The molecule has 0 amide bonds. The molecule has 0 aromatic heterocycles. The molecule has 6 heteroatoms. The largest absolute Gasteiger partial charge is 0.480 e. The van der Waals surface area contributed by atoms with E-state index in [4.69, 9.17) is 5.11 Å². The molecule has 0 bridgehead atoms. The Morgan fingerprint density at radius 2 is 2.00 bits per heavy atom. The summed E-state index contributed by atoms with van der Waals surface area (Å²) in [7, 11) is 0. The summed E-state index contributed by atoms with van der Waals surface area (Å²) in [6.45, 7) is 1.92. The van der Waals surface area contributed by atoms with Crippen LogP contribution in [0.25, 0.3) is 0 Å². The van der Waals surface area contributed by atoms with Crippen molar-refractivity contribution in [1.82, 2.24) is 4.90 Å². The predicted octanol–water partition coefficient (Wildman–Crippen LogP) is 1.73. The van der Waals surface area contributed by atoms with Gasteiger partial charge in [-0.15, -0.1) is 0 Å². The molecule has 0 aliphatic carbocycles. The first-order valence-corrected chi connectivity index (χ1v) is 4.31. The lowest BCUT2D eigenvalue weighted by atomic mass is 10.2. The highest BCUT2D eigenvalue weighted by Gasteiger charge is 2.34. The van der Waals surface area contributed by atoms with Crippen LogP contribution in [0, 0.1) is 0 Å². The van der Waals surface area contributed by atoms with E-state index in [1.807, 2.05) is 0 Å². The van der Waals surface area contributed by atoms with Crippen LogP contribution in [0.2, 0.25) is 0 Å². The van der Waals surface area contributed by atoms with Gasteiger partial charge in [-0.05, 0) is 19.9 Å². The fourth-order valence-corrected chi connectivity index (χ4v) is 1.08. The molecule has 0 aromatic carbocycles. The van der Waals surface area contributed by atoms with Crippen molar-refractivity contribution in [2.45, 2.75) is 32.5 Å². The van der Waals surface area contributed by atoms with Gasteiger partial charge >= 0.3 is 12.1 Å². The van der Waals surface area contributed by atoms with Gasteiger partial charge in [0.15, 0.2) is 0 Å². The van der Waals surface area contributed by atoms with Gasteiger partial charge in [0.05, 0.1) is 6.54 Å². The van der Waals surface area contributed by atoms with E-state index in [0.717, 1.165) is 4.90 Å². The monoisotopic (exact) mass is 213 g/mol. The van der Waals surface area contributed by atoms with Gasteiger partial charge in [-0.3, -0.25) is 9.69 Å². The number of nitrogens with zero attached hydrogens (tertiary/aromatic N) is 1. The second-order valence-electron chi connectivity index (χ2n) is 3.10. The summed E-state index contributed by atoms with van der Waals surface area (Å²) in [6.07, 6.45) is -3.85. The Bertz CT molecular complexity index is 194. The minimum absolute atomic E-state index is 0.132. The maximum absolute atomic E-state index is 12.0. The molecule has 0 aliphatic heterocycles. The molecule has 0 radical (unpaired) electrons. The van der Waals surface area contributed by atoms with Crippen molar-refractivity contribution in [3.05, 3.63) is 0 Å². The Morgan fingerprint density at radius 1 is 1.50 bits per heavy atom. The Hall–Kier alpha value is -0.780. The van der Waals surface area contributed by atoms with Crippen molar-refractivity contribution < 1.29 is 23.1 Å². The number of alkyl halides is 3. The van der Waals surface area contributed by atoms with Crippen LogP contribution in [0.1, 0.15) is 20.3 Å². The van der Waals surface area contributed by atoms with Crippen LogP contribution in [0.15, 0.2) is 0 Å². The first kappa shape index (κ1) is 13.2. The van der Waals surface area contributed by atoms with E-state index in [0.29, 0.717) is 6.42 Å². The van der Waals surface area contributed by atoms with Crippen LogP contribution >= 0.6 is 0 Å². The lowest BCUT2D eigenvalue weighted by Gasteiger charge is -2.26. The van der Waals surface area contributed by atoms with Crippen LogP contribution < -0.4 is 0 Å². The number of carboxylic acids is 1. The highest BCUT2D eigenvalue weighted by Crippen LogP contribution is 2.18. The summed E-state index contributed by atoms with van der Waals surface area (Å²) >= 11 is 0. The molecule has 0 saturated carbocycles. The summed E-state index contributed by atoms with van der Waals surface area (Å²) < 4.78 is 36.1. The number of carboxylic acid groups (broad SMARTS) is 1. The maximum Gasteiger partial charge on any atom is 0.401 e. The van der Waals surface area contributed by atoms with Crippen LogP contribution in [-0.2, 0) is 4.79 Å². The van der Waals surface area contributed by atoms with E-state index in [9.17, 15) is 18.0 Å². The fraction of sp³-hybridized carbons (Fsp3) is 0.875. The number of hydrogen-bond acceptors (Lipinski definition) is 2. The molecule has 0 rings (SSSR count). The van der Waals surface area contributed by atoms with Crippen molar-refractivity contribution in [3.8, 4) is 0 Å². The van der Waals surface area contributed by atoms with E-state index in [-0.39, 0.29) is 6.54 Å². The third kappa shape index (κ3) is 5.06. The summed E-state index contributed by atoms with van der Waals surface area (Å²) in [5.41, 5.74) is 0.